The van der Waals surface area contributed by atoms with Crippen LogP contribution >= 0.6 is 15.9 Å². The summed E-state index contributed by atoms with van der Waals surface area (Å²) in [7, 11) is 6.09. The third-order valence-corrected chi connectivity index (χ3v) is 4.34. The Morgan fingerprint density at radius 3 is 2.00 bits per heavy atom. The van der Waals surface area contributed by atoms with Crippen LogP contribution in [-0.2, 0) is 0 Å². The zero-order chi connectivity index (χ0) is 12.3. The molecule has 0 aliphatic rings. The molecule has 2 radical (unpaired) electrons. The van der Waals surface area contributed by atoms with E-state index < -0.39 is 0 Å². The lowest BCUT2D eigenvalue weighted by atomic mass is 9.85. The first kappa shape index (κ1) is 10.4. The highest BCUT2D eigenvalue weighted by atomic mass is 79.9. The topological polar surface area (TPSA) is 0 Å². The lowest BCUT2D eigenvalue weighted by molar-refractivity contribution is 1.76. The van der Waals surface area contributed by atoms with Crippen molar-refractivity contribution in [2.45, 2.75) is 0 Å². The number of rotatable bonds is 0. The van der Waals surface area contributed by atoms with Crippen LogP contribution in [0.5, 0.6) is 0 Å². The third-order valence-electron chi connectivity index (χ3n) is 3.65. The summed E-state index contributed by atoms with van der Waals surface area (Å²) < 4.78 is 1.13. The van der Waals surface area contributed by atoms with E-state index in [0.717, 1.165) is 15.3 Å². The molecular formula is C16H8BBr. The maximum Gasteiger partial charge on any atom is 0.114 e. The summed E-state index contributed by atoms with van der Waals surface area (Å²) in [5, 5.41) is 7.46. The van der Waals surface area contributed by atoms with Gasteiger partial charge in [0.2, 0.25) is 0 Å². The predicted octanol–water partition coefficient (Wildman–Crippen LogP) is 4.14. The van der Waals surface area contributed by atoms with Gasteiger partial charge in [0.15, 0.2) is 0 Å². The van der Waals surface area contributed by atoms with Gasteiger partial charge >= 0.3 is 0 Å². The highest BCUT2D eigenvalue weighted by molar-refractivity contribution is 9.10. The Labute approximate surface area is 114 Å². The second kappa shape index (κ2) is 3.49. The summed E-state index contributed by atoms with van der Waals surface area (Å²) >= 11 is 3.63. The summed E-state index contributed by atoms with van der Waals surface area (Å²) in [5.74, 6) is 0. The number of hydrogen-bond donors (Lipinski definition) is 0. The van der Waals surface area contributed by atoms with Gasteiger partial charge in [-0.15, -0.1) is 0 Å². The average molecular weight is 291 g/mol. The van der Waals surface area contributed by atoms with Gasteiger partial charge < -0.3 is 0 Å². The Hall–Kier alpha value is -1.54. The molecule has 0 saturated carbocycles. The Kier molecular flexibility index (Phi) is 2.01. The minimum absolute atomic E-state index is 0.844. The highest BCUT2D eigenvalue weighted by Gasteiger charge is 2.10. The summed E-state index contributed by atoms with van der Waals surface area (Å²) in [6.45, 7) is 0. The normalized spacial score (nSPS) is 11.8. The standard InChI is InChI=1S/C16H8BBr/c17-13-7-3-9-1-2-10-4-8-14(18)12-6-5-11(13)15(9)16(10)12/h1-8H. The Bertz CT molecular complexity index is 821. The van der Waals surface area contributed by atoms with Crippen molar-refractivity contribution in [2.75, 3.05) is 0 Å². The van der Waals surface area contributed by atoms with Crippen molar-refractivity contribution in [3.63, 3.8) is 0 Å². The average Bonchev–Trinajstić information content (AvgIpc) is 2.40. The molecule has 4 aromatic carbocycles. The molecule has 0 heterocycles. The van der Waals surface area contributed by atoms with Crippen LogP contribution in [0.1, 0.15) is 0 Å². The number of hydrogen-bond acceptors (Lipinski definition) is 0. The summed E-state index contributed by atoms with van der Waals surface area (Å²) in [6, 6.07) is 16.9. The van der Waals surface area contributed by atoms with E-state index in [4.69, 9.17) is 7.85 Å². The lowest BCUT2D eigenvalue weighted by Gasteiger charge is -2.13. The van der Waals surface area contributed by atoms with Gasteiger partial charge in [-0.2, -0.15) is 0 Å². The van der Waals surface area contributed by atoms with Crippen LogP contribution in [0.3, 0.4) is 0 Å². The van der Waals surface area contributed by atoms with Gasteiger partial charge in [-0.1, -0.05) is 63.9 Å². The van der Waals surface area contributed by atoms with Gasteiger partial charge in [0.05, 0.1) is 0 Å². The summed E-state index contributed by atoms with van der Waals surface area (Å²) in [5.41, 5.74) is 0.844. The highest BCUT2D eigenvalue weighted by Crippen LogP contribution is 2.36. The van der Waals surface area contributed by atoms with Gasteiger partial charge in [-0.3, -0.25) is 0 Å². The first-order valence-electron chi connectivity index (χ1n) is 5.87. The second-order valence-electron chi connectivity index (χ2n) is 4.62. The zero-order valence-corrected chi connectivity index (χ0v) is 11.2. The summed E-state index contributed by atoms with van der Waals surface area (Å²) in [4.78, 5) is 0. The molecule has 0 atom stereocenters. The van der Waals surface area contributed by atoms with Gasteiger partial charge in [0.25, 0.3) is 0 Å². The summed E-state index contributed by atoms with van der Waals surface area (Å²) in [6.07, 6.45) is 0. The van der Waals surface area contributed by atoms with Crippen molar-refractivity contribution in [1.82, 2.24) is 0 Å². The van der Waals surface area contributed by atoms with Crippen molar-refractivity contribution in [2.24, 2.45) is 0 Å². The molecule has 0 aliphatic heterocycles. The Morgan fingerprint density at radius 1 is 0.667 bits per heavy atom. The van der Waals surface area contributed by atoms with Crippen LogP contribution in [0.2, 0.25) is 0 Å². The van der Waals surface area contributed by atoms with E-state index in [0.29, 0.717) is 0 Å². The van der Waals surface area contributed by atoms with Gasteiger partial charge in [-0.25, -0.2) is 0 Å². The van der Waals surface area contributed by atoms with Crippen LogP contribution in [-0.4, -0.2) is 7.85 Å². The molecular weight excluding hydrogens is 283 g/mol. The van der Waals surface area contributed by atoms with Gasteiger partial charge in [-0.05, 0) is 38.4 Å². The zero-order valence-electron chi connectivity index (χ0n) is 9.57. The van der Waals surface area contributed by atoms with Gasteiger partial charge in [0.1, 0.15) is 7.85 Å². The van der Waals surface area contributed by atoms with Crippen molar-refractivity contribution in [3.8, 4) is 0 Å². The van der Waals surface area contributed by atoms with Crippen LogP contribution < -0.4 is 5.46 Å². The Balaban J connectivity index is 2.47. The fourth-order valence-corrected chi connectivity index (χ4v) is 3.25. The molecule has 0 nitrogen and oxygen atoms in total. The maximum absolute atomic E-state index is 6.09. The van der Waals surface area contributed by atoms with E-state index in [1.54, 1.807) is 0 Å². The van der Waals surface area contributed by atoms with Crippen LogP contribution in [0.25, 0.3) is 32.3 Å². The SMILES string of the molecule is [B]c1ccc2ccc3ccc(Br)c4ccc1c2c34. The molecule has 0 amide bonds. The van der Waals surface area contributed by atoms with E-state index in [-0.39, 0.29) is 0 Å². The molecule has 0 aromatic heterocycles. The third kappa shape index (κ3) is 1.21. The fourth-order valence-electron chi connectivity index (χ4n) is 2.79. The Morgan fingerprint density at radius 2 is 1.22 bits per heavy atom. The monoisotopic (exact) mass is 290 g/mol. The first-order valence-corrected chi connectivity index (χ1v) is 6.66. The van der Waals surface area contributed by atoms with E-state index in [9.17, 15) is 0 Å². The van der Waals surface area contributed by atoms with E-state index >= 15 is 0 Å². The minimum Gasteiger partial charge on any atom is -0.0889 e. The molecule has 0 saturated heterocycles. The predicted molar refractivity (Wildman–Crippen MR) is 83.2 cm³/mol. The van der Waals surface area contributed by atoms with Crippen molar-refractivity contribution >= 4 is 61.6 Å². The first-order chi connectivity index (χ1) is 8.75. The maximum atomic E-state index is 6.09. The number of halogens is 1. The van der Waals surface area contributed by atoms with Crippen molar-refractivity contribution < 1.29 is 0 Å². The van der Waals surface area contributed by atoms with Crippen molar-refractivity contribution in [1.29, 1.82) is 0 Å². The molecule has 4 rings (SSSR count). The molecule has 18 heavy (non-hydrogen) atoms. The largest absolute Gasteiger partial charge is 0.114 e. The number of benzene rings is 4. The molecule has 2 heteroatoms. The molecule has 0 bridgehead atoms. The van der Waals surface area contributed by atoms with Crippen LogP contribution in [0, 0.1) is 0 Å². The molecule has 0 unspecified atom stereocenters. The van der Waals surface area contributed by atoms with Crippen LogP contribution in [0.15, 0.2) is 53.0 Å². The molecule has 0 aliphatic carbocycles. The van der Waals surface area contributed by atoms with Crippen molar-refractivity contribution in [3.05, 3.63) is 53.0 Å². The fraction of sp³-hybridized carbons (Fsp3) is 0. The molecule has 0 spiro atoms. The second-order valence-corrected chi connectivity index (χ2v) is 5.48. The smallest absolute Gasteiger partial charge is 0.0889 e. The molecule has 0 fully saturated rings. The quantitative estimate of drug-likeness (QED) is 0.337. The lowest BCUT2D eigenvalue weighted by Crippen LogP contribution is -2.03. The minimum atomic E-state index is 0.844. The van der Waals surface area contributed by atoms with E-state index in [2.05, 4.69) is 58.4 Å². The van der Waals surface area contributed by atoms with E-state index in [1.165, 1.54) is 26.9 Å². The van der Waals surface area contributed by atoms with Gasteiger partial charge in [0, 0.05) is 4.47 Å². The molecule has 0 N–H and O–H groups in total. The molecule has 4 aromatic rings. The van der Waals surface area contributed by atoms with Crippen LogP contribution in [0.4, 0.5) is 0 Å². The molecule has 82 valence electrons. The van der Waals surface area contributed by atoms with E-state index in [1.807, 2.05) is 6.07 Å².